The van der Waals surface area contributed by atoms with Gasteiger partial charge in [0, 0.05) is 17.9 Å². The molecule has 6 aliphatic heterocycles. The first-order chi connectivity index (χ1) is 30.0. The van der Waals surface area contributed by atoms with Gasteiger partial charge in [0.15, 0.2) is 34.5 Å². The number of ether oxygens (including phenoxy) is 9. The molecule has 3 saturated heterocycles. The number of nitrogens with zero attached hydrogens (tertiary/aromatic N) is 1. The predicted octanol–water partition coefficient (Wildman–Crippen LogP) is 7.98. The Labute approximate surface area is 360 Å². The summed E-state index contributed by atoms with van der Waals surface area (Å²) in [5, 5.41) is 0. The van der Waals surface area contributed by atoms with Gasteiger partial charge < -0.3 is 42.6 Å². The van der Waals surface area contributed by atoms with Crippen molar-refractivity contribution in [1.82, 2.24) is 4.90 Å². The summed E-state index contributed by atoms with van der Waals surface area (Å²) in [4.78, 5) is 36.6. The van der Waals surface area contributed by atoms with Gasteiger partial charge in [-0.3, -0.25) is 14.4 Å². The highest BCUT2D eigenvalue weighted by Crippen LogP contribution is 2.51. The molecule has 5 aromatic rings. The van der Waals surface area contributed by atoms with Crippen LogP contribution in [0.5, 0.6) is 34.5 Å². The molecule has 0 aromatic heterocycles. The Morgan fingerprint density at radius 1 is 0.516 bits per heavy atom. The van der Waals surface area contributed by atoms with Gasteiger partial charge in [0.2, 0.25) is 0 Å². The van der Waals surface area contributed by atoms with E-state index in [2.05, 4.69) is 29.2 Å². The number of fused-ring (bicyclic) bond motifs is 4. The number of morpholine rings is 1. The number of hydrogen-bond donors (Lipinski definition) is 0. The Morgan fingerprint density at radius 2 is 1.05 bits per heavy atom. The fourth-order valence-corrected chi connectivity index (χ4v) is 8.19. The van der Waals surface area contributed by atoms with Crippen LogP contribution in [-0.2, 0) is 23.8 Å². The van der Waals surface area contributed by atoms with Gasteiger partial charge in [0.25, 0.3) is 0 Å². The van der Waals surface area contributed by atoms with E-state index in [-0.39, 0.29) is 32.0 Å². The third-order valence-corrected chi connectivity index (χ3v) is 11.2. The number of carbonyl (C=O) groups excluding carboxylic acids is 3. The van der Waals surface area contributed by atoms with E-state index in [0.29, 0.717) is 98.6 Å². The van der Waals surface area contributed by atoms with Crippen LogP contribution in [-0.4, -0.2) is 82.0 Å². The van der Waals surface area contributed by atoms with Crippen molar-refractivity contribution in [1.29, 1.82) is 0 Å². The minimum Gasteiger partial charge on any atom is -0.486 e. The third-order valence-electron chi connectivity index (χ3n) is 11.2. The van der Waals surface area contributed by atoms with E-state index >= 15 is 0 Å². The molecule has 322 valence electrons. The van der Waals surface area contributed by atoms with E-state index in [4.69, 9.17) is 42.6 Å². The molecular weight excluding hydrogens is 795 g/mol. The summed E-state index contributed by atoms with van der Waals surface area (Å²) in [5.41, 5.74) is 4.66. The Bertz CT molecular complexity index is 2330. The Balaban J connectivity index is 0.000000166. The molecule has 6 aliphatic rings. The number of rotatable bonds is 5. The van der Waals surface area contributed by atoms with Crippen molar-refractivity contribution in [2.75, 3.05) is 52.9 Å². The first-order valence-electron chi connectivity index (χ1n) is 20.5. The monoisotopic (exact) mass is 843 g/mol. The van der Waals surface area contributed by atoms with Gasteiger partial charge in [-0.15, -0.1) is 0 Å². The first kappa shape index (κ1) is 42.1. The van der Waals surface area contributed by atoms with Crippen LogP contribution in [0.3, 0.4) is 0 Å². The molecule has 0 spiro atoms. The van der Waals surface area contributed by atoms with Crippen LogP contribution >= 0.6 is 0 Å². The smallest absolute Gasteiger partial charge is 0.326 e. The molecule has 0 saturated carbocycles. The molecule has 11 rings (SSSR count). The maximum Gasteiger partial charge on any atom is 0.326 e. The van der Waals surface area contributed by atoms with Crippen LogP contribution in [0.4, 0.5) is 0 Å². The second kappa shape index (κ2) is 19.4. The minimum absolute atomic E-state index is 0. The summed E-state index contributed by atoms with van der Waals surface area (Å²) < 4.78 is 51.1. The summed E-state index contributed by atoms with van der Waals surface area (Å²) in [6.07, 6.45) is 1.21. The van der Waals surface area contributed by atoms with Crippen molar-refractivity contribution in [3.05, 3.63) is 143 Å². The zero-order chi connectivity index (χ0) is 41.5. The van der Waals surface area contributed by atoms with E-state index < -0.39 is 18.4 Å². The topological polar surface area (TPSA) is 138 Å². The van der Waals surface area contributed by atoms with Crippen molar-refractivity contribution < 1.29 is 57.0 Å². The highest BCUT2D eigenvalue weighted by atomic mass is 16.6. The molecular formula is C49H49NO12. The molecule has 5 atom stereocenters. The maximum atomic E-state index is 13.3. The quantitative estimate of drug-likeness (QED) is 0.125. The van der Waals surface area contributed by atoms with E-state index in [9.17, 15) is 14.4 Å². The van der Waals surface area contributed by atoms with Gasteiger partial charge in [-0.2, -0.15) is 0 Å². The molecule has 6 heterocycles. The molecule has 13 heteroatoms. The zero-order valence-corrected chi connectivity index (χ0v) is 33.4. The Morgan fingerprint density at radius 3 is 1.63 bits per heavy atom. The van der Waals surface area contributed by atoms with Crippen molar-refractivity contribution in [2.45, 2.75) is 50.6 Å². The number of aldehydes is 1. The standard InChI is InChI=1S/C28H25NO7.C11H12O2.C9H8O3.CH4/c30-28-25-26(18-6-8-21-23(14-18)33-12-10-31-21)36-27(19-7-9-22-24(15-19)34-13-11-32-22)29(25)20(16-35-28)17-4-2-1-3-5-17;12-11-7-6-10(8-13-11)9-4-2-1-3-5-9;10-6-7-1-2-8-9(5-7)12-4-3-11-8;/h1-9,14-15,20,25-27H,10-13,16H2;1-5,10H,6-8H2;1-2,5-6H,3-4H2;1H4/t20-,25?,26-,27?;10-;;/m11../s1. The second-order valence-corrected chi connectivity index (χ2v) is 15.0. The van der Waals surface area contributed by atoms with Gasteiger partial charge in [-0.25, -0.2) is 4.90 Å². The first-order valence-corrected chi connectivity index (χ1v) is 20.5. The van der Waals surface area contributed by atoms with Gasteiger partial charge in [0.05, 0.1) is 12.6 Å². The fraction of sp³-hybridized carbons (Fsp3) is 0.327. The summed E-state index contributed by atoms with van der Waals surface area (Å²) in [5.74, 6) is 4.14. The van der Waals surface area contributed by atoms with Gasteiger partial charge in [0.1, 0.15) is 70.9 Å². The van der Waals surface area contributed by atoms with Crippen LogP contribution in [0, 0.1) is 0 Å². The summed E-state index contributed by atoms with van der Waals surface area (Å²) in [7, 11) is 0. The molecule has 3 fully saturated rings. The van der Waals surface area contributed by atoms with E-state index in [1.54, 1.807) is 18.2 Å². The second-order valence-electron chi connectivity index (χ2n) is 15.0. The van der Waals surface area contributed by atoms with Crippen LogP contribution in [0.2, 0.25) is 0 Å². The molecule has 13 nitrogen and oxygen atoms in total. The van der Waals surface area contributed by atoms with Crippen LogP contribution < -0.4 is 28.4 Å². The maximum absolute atomic E-state index is 13.3. The van der Waals surface area contributed by atoms with Gasteiger partial charge >= 0.3 is 11.9 Å². The summed E-state index contributed by atoms with van der Waals surface area (Å²) >= 11 is 0. The number of benzene rings is 5. The average molecular weight is 844 g/mol. The van der Waals surface area contributed by atoms with Crippen LogP contribution in [0.15, 0.2) is 115 Å². The van der Waals surface area contributed by atoms with Crippen LogP contribution in [0.1, 0.15) is 77.2 Å². The number of carbonyl (C=O) groups is 3. The fourth-order valence-electron chi connectivity index (χ4n) is 8.19. The number of esters is 2. The lowest BCUT2D eigenvalue weighted by Crippen LogP contribution is -2.49. The lowest BCUT2D eigenvalue weighted by atomic mass is 9.94. The number of hydrogen-bond acceptors (Lipinski definition) is 13. The van der Waals surface area contributed by atoms with Crippen molar-refractivity contribution >= 4 is 18.2 Å². The SMILES string of the molecule is C.O=C1CC[C@@H](c2ccccc2)CO1.O=C1OC[C@H](c2ccccc2)N2C(c3ccc4c(c3)OCCO4)O[C@H](c3ccc4c(c3)OCCO4)C12.O=Cc1ccc2c(c1)OCCO2. The molecule has 2 unspecified atom stereocenters. The Kier molecular flexibility index (Phi) is 13.2. The lowest BCUT2D eigenvalue weighted by molar-refractivity contribution is -0.163. The molecule has 0 amide bonds. The van der Waals surface area contributed by atoms with Crippen molar-refractivity contribution in [3.8, 4) is 34.5 Å². The summed E-state index contributed by atoms with van der Waals surface area (Å²) in [6.45, 7) is 3.93. The van der Waals surface area contributed by atoms with E-state index in [1.165, 1.54) is 5.56 Å². The summed E-state index contributed by atoms with van der Waals surface area (Å²) in [6, 6.07) is 36.2. The Hall–Kier alpha value is -6.57. The molecule has 0 bridgehead atoms. The zero-order valence-electron chi connectivity index (χ0n) is 33.4. The van der Waals surface area contributed by atoms with Gasteiger partial charge in [-0.1, -0.05) is 80.2 Å². The number of cyclic esters (lactones) is 2. The third kappa shape index (κ3) is 9.19. The molecule has 62 heavy (non-hydrogen) atoms. The normalized spacial score (nSPS) is 22.9. The lowest BCUT2D eigenvalue weighted by Gasteiger charge is -2.39. The van der Waals surface area contributed by atoms with Gasteiger partial charge in [-0.05, 0) is 71.1 Å². The average Bonchev–Trinajstić information content (AvgIpc) is 3.74. The highest BCUT2D eigenvalue weighted by Gasteiger charge is 2.54. The van der Waals surface area contributed by atoms with Crippen molar-refractivity contribution in [3.63, 3.8) is 0 Å². The molecule has 5 aromatic carbocycles. The van der Waals surface area contributed by atoms with Crippen molar-refractivity contribution in [2.24, 2.45) is 0 Å². The highest BCUT2D eigenvalue weighted by molar-refractivity contribution is 5.79. The molecule has 0 aliphatic carbocycles. The minimum atomic E-state index is -0.635. The van der Waals surface area contributed by atoms with E-state index in [1.807, 2.05) is 72.8 Å². The predicted molar refractivity (Wildman–Crippen MR) is 226 cm³/mol. The molecule has 0 radical (unpaired) electrons. The largest absolute Gasteiger partial charge is 0.486 e. The van der Waals surface area contributed by atoms with E-state index in [0.717, 1.165) is 29.4 Å². The molecule has 0 N–H and O–H groups in total. The van der Waals surface area contributed by atoms with Crippen LogP contribution in [0.25, 0.3) is 0 Å².